The Morgan fingerprint density at radius 1 is 1.22 bits per heavy atom. The topological polar surface area (TPSA) is 69.6 Å². The molecule has 2 aromatic heterocycles. The number of rotatable bonds is 4. The highest BCUT2D eigenvalue weighted by atomic mass is 32.1. The molecule has 0 radical (unpaired) electrons. The number of urea groups is 1. The van der Waals surface area contributed by atoms with E-state index in [1.165, 1.54) is 4.90 Å². The number of fused-ring (bicyclic) bond motifs is 1. The fraction of sp³-hybridized carbons (Fsp3) is 0.579. The van der Waals surface area contributed by atoms with Gasteiger partial charge in [0.05, 0.1) is 5.39 Å². The normalized spacial score (nSPS) is 19.9. The minimum absolute atomic E-state index is 0.0290. The lowest BCUT2D eigenvalue weighted by Gasteiger charge is -2.43. The molecular formula is C19H25N5O2S. The summed E-state index contributed by atoms with van der Waals surface area (Å²) in [5.74, 6) is 1.22. The molecule has 0 aliphatic carbocycles. The molecule has 4 rings (SSSR count). The van der Waals surface area contributed by atoms with Gasteiger partial charge in [-0.2, -0.15) is 0 Å². The summed E-state index contributed by atoms with van der Waals surface area (Å²) in [5, 5.41) is 3.08. The minimum Gasteiger partial charge on any atom is -0.356 e. The summed E-state index contributed by atoms with van der Waals surface area (Å²) in [4.78, 5) is 41.3. The number of carbonyl (C=O) groups is 2. The second-order valence-electron chi connectivity index (χ2n) is 7.69. The number of likely N-dealkylation sites (N-methyl/N-ethyl adjacent to an activating group) is 1. The second-order valence-corrected chi connectivity index (χ2v) is 8.59. The van der Waals surface area contributed by atoms with Crippen LogP contribution in [0.4, 0.5) is 10.6 Å². The van der Waals surface area contributed by atoms with E-state index >= 15 is 0 Å². The van der Waals surface area contributed by atoms with Crippen molar-refractivity contribution in [2.75, 3.05) is 31.1 Å². The Kier molecular flexibility index (Phi) is 4.53. The Morgan fingerprint density at radius 3 is 2.63 bits per heavy atom. The number of anilines is 1. The van der Waals surface area contributed by atoms with Crippen LogP contribution in [0, 0.1) is 5.92 Å². The van der Waals surface area contributed by atoms with Crippen molar-refractivity contribution in [1.82, 2.24) is 19.8 Å². The standard InChI is InChI=1S/C19H25N5O2S/c1-4-23-17(25)19(24(18(23)26)11-13(2)3)6-8-22(9-7-19)15-14-5-10-27-16(14)21-12-20-15/h5,10,12-13H,4,6-9,11H2,1-3H3. The van der Waals surface area contributed by atoms with Crippen molar-refractivity contribution in [2.45, 2.75) is 39.2 Å². The fourth-order valence-corrected chi connectivity index (χ4v) is 5.01. The van der Waals surface area contributed by atoms with Crippen LogP contribution in [0.15, 0.2) is 17.8 Å². The molecule has 0 unspecified atom stereocenters. The number of piperidine rings is 1. The summed E-state index contributed by atoms with van der Waals surface area (Å²) < 4.78 is 0. The van der Waals surface area contributed by atoms with Gasteiger partial charge in [0.2, 0.25) is 0 Å². The fourth-order valence-electron chi connectivity index (χ4n) is 4.28. The summed E-state index contributed by atoms with van der Waals surface area (Å²) >= 11 is 1.60. The summed E-state index contributed by atoms with van der Waals surface area (Å²) in [6.07, 6.45) is 2.87. The molecule has 2 saturated heterocycles. The Hall–Kier alpha value is -2.22. The summed E-state index contributed by atoms with van der Waals surface area (Å²) in [7, 11) is 0. The number of carbonyl (C=O) groups excluding carboxylic acids is 2. The summed E-state index contributed by atoms with van der Waals surface area (Å²) in [6, 6.07) is 1.92. The van der Waals surface area contributed by atoms with Gasteiger partial charge in [-0.1, -0.05) is 13.8 Å². The lowest BCUT2D eigenvalue weighted by atomic mass is 9.85. The van der Waals surface area contributed by atoms with Crippen LogP contribution in [-0.2, 0) is 4.79 Å². The first kappa shape index (κ1) is 18.2. The largest absolute Gasteiger partial charge is 0.356 e. The second kappa shape index (κ2) is 6.74. The molecule has 7 nitrogen and oxygen atoms in total. The molecule has 0 bridgehead atoms. The van der Waals surface area contributed by atoms with Crippen LogP contribution in [0.3, 0.4) is 0 Å². The van der Waals surface area contributed by atoms with E-state index in [1.54, 1.807) is 17.7 Å². The molecule has 1 spiro atoms. The SMILES string of the molecule is CCN1C(=O)N(CC(C)C)C2(CCN(c3ncnc4sccc34)CC2)C1=O. The number of thiophene rings is 1. The Labute approximate surface area is 163 Å². The van der Waals surface area contributed by atoms with Gasteiger partial charge in [0.15, 0.2) is 0 Å². The third kappa shape index (κ3) is 2.77. The van der Waals surface area contributed by atoms with Crippen molar-refractivity contribution in [3.8, 4) is 0 Å². The monoisotopic (exact) mass is 387 g/mol. The maximum Gasteiger partial charge on any atom is 0.327 e. The van der Waals surface area contributed by atoms with E-state index in [1.807, 2.05) is 23.3 Å². The molecule has 8 heteroatoms. The Morgan fingerprint density at radius 2 is 1.96 bits per heavy atom. The molecule has 2 aromatic rings. The average molecular weight is 388 g/mol. The van der Waals surface area contributed by atoms with Crippen LogP contribution in [0.25, 0.3) is 10.2 Å². The van der Waals surface area contributed by atoms with Gasteiger partial charge in [-0.05, 0) is 37.1 Å². The lowest BCUT2D eigenvalue weighted by Crippen LogP contribution is -2.57. The van der Waals surface area contributed by atoms with E-state index in [4.69, 9.17) is 0 Å². The first-order valence-corrected chi connectivity index (χ1v) is 10.4. The Bertz CT molecular complexity index is 872. The third-order valence-corrected chi connectivity index (χ3v) is 6.44. The van der Waals surface area contributed by atoms with Crippen LogP contribution in [-0.4, -0.2) is 63.4 Å². The lowest BCUT2D eigenvalue weighted by molar-refractivity contribution is -0.134. The third-order valence-electron chi connectivity index (χ3n) is 5.62. The number of amides is 3. The van der Waals surface area contributed by atoms with E-state index < -0.39 is 5.54 Å². The first-order chi connectivity index (χ1) is 13.0. The Balaban J connectivity index is 1.61. The molecule has 0 aromatic carbocycles. The van der Waals surface area contributed by atoms with Crippen molar-refractivity contribution in [3.05, 3.63) is 17.8 Å². The van der Waals surface area contributed by atoms with Crippen LogP contribution < -0.4 is 4.90 Å². The van der Waals surface area contributed by atoms with Gasteiger partial charge in [-0.15, -0.1) is 11.3 Å². The highest BCUT2D eigenvalue weighted by Crippen LogP contribution is 2.39. The minimum atomic E-state index is -0.700. The van der Waals surface area contributed by atoms with Crippen molar-refractivity contribution in [2.24, 2.45) is 5.92 Å². The molecule has 0 atom stereocenters. The number of aromatic nitrogens is 2. The highest BCUT2D eigenvalue weighted by Gasteiger charge is 2.57. The molecule has 0 N–H and O–H groups in total. The van der Waals surface area contributed by atoms with Crippen LogP contribution in [0.5, 0.6) is 0 Å². The predicted octanol–water partition coefficient (Wildman–Crippen LogP) is 2.97. The summed E-state index contributed by atoms with van der Waals surface area (Å²) in [5.41, 5.74) is -0.700. The molecule has 2 aliphatic heterocycles. The average Bonchev–Trinajstić information content (AvgIpc) is 3.21. The number of hydrogen-bond donors (Lipinski definition) is 0. The van der Waals surface area contributed by atoms with Crippen molar-refractivity contribution < 1.29 is 9.59 Å². The highest BCUT2D eigenvalue weighted by molar-refractivity contribution is 7.16. The van der Waals surface area contributed by atoms with Crippen molar-refractivity contribution in [1.29, 1.82) is 0 Å². The first-order valence-electron chi connectivity index (χ1n) is 9.54. The molecule has 0 saturated carbocycles. The van der Waals surface area contributed by atoms with Crippen LogP contribution >= 0.6 is 11.3 Å². The van der Waals surface area contributed by atoms with Gasteiger partial charge in [0.1, 0.15) is 22.5 Å². The zero-order valence-corrected chi connectivity index (χ0v) is 16.8. The van der Waals surface area contributed by atoms with E-state index in [0.717, 1.165) is 16.0 Å². The predicted molar refractivity (Wildman–Crippen MR) is 106 cm³/mol. The molecular weight excluding hydrogens is 362 g/mol. The number of hydrogen-bond acceptors (Lipinski definition) is 6. The smallest absolute Gasteiger partial charge is 0.327 e. The van der Waals surface area contributed by atoms with E-state index in [9.17, 15) is 9.59 Å². The molecule has 3 amide bonds. The maximum absolute atomic E-state index is 13.2. The quantitative estimate of drug-likeness (QED) is 0.755. The van der Waals surface area contributed by atoms with E-state index in [-0.39, 0.29) is 11.9 Å². The molecule has 2 fully saturated rings. The van der Waals surface area contributed by atoms with E-state index in [0.29, 0.717) is 44.9 Å². The molecule has 144 valence electrons. The van der Waals surface area contributed by atoms with Gasteiger partial charge in [-0.25, -0.2) is 14.8 Å². The van der Waals surface area contributed by atoms with Crippen LogP contribution in [0.1, 0.15) is 33.6 Å². The van der Waals surface area contributed by atoms with Gasteiger partial charge >= 0.3 is 6.03 Å². The van der Waals surface area contributed by atoms with E-state index in [2.05, 4.69) is 28.7 Å². The summed E-state index contributed by atoms with van der Waals surface area (Å²) in [6.45, 7) is 8.49. The number of imide groups is 1. The van der Waals surface area contributed by atoms with Gasteiger partial charge in [0.25, 0.3) is 5.91 Å². The molecule has 4 heterocycles. The maximum atomic E-state index is 13.2. The number of nitrogens with zero attached hydrogens (tertiary/aromatic N) is 5. The zero-order chi connectivity index (χ0) is 19.2. The van der Waals surface area contributed by atoms with Gasteiger partial charge in [-0.3, -0.25) is 9.69 Å². The van der Waals surface area contributed by atoms with Gasteiger partial charge in [0, 0.05) is 26.2 Å². The van der Waals surface area contributed by atoms with Crippen molar-refractivity contribution >= 4 is 39.3 Å². The van der Waals surface area contributed by atoms with Gasteiger partial charge < -0.3 is 9.80 Å². The van der Waals surface area contributed by atoms with Crippen molar-refractivity contribution in [3.63, 3.8) is 0 Å². The molecule has 2 aliphatic rings. The van der Waals surface area contributed by atoms with Crippen LogP contribution in [0.2, 0.25) is 0 Å². The molecule has 27 heavy (non-hydrogen) atoms. The zero-order valence-electron chi connectivity index (χ0n) is 16.0.